The van der Waals surface area contributed by atoms with Crippen LogP contribution in [0.3, 0.4) is 0 Å². The van der Waals surface area contributed by atoms with Gasteiger partial charge in [-0.2, -0.15) is 10.3 Å². The Morgan fingerprint density at radius 3 is 2.55 bits per heavy atom. The molecular weight excluding hydrogens is 406 g/mol. The van der Waals surface area contributed by atoms with Crippen LogP contribution < -0.4 is 0 Å². The number of nitrogens with one attached hydrogen (secondary N) is 1. The first-order valence-electron chi connectivity index (χ1n) is 10.4. The van der Waals surface area contributed by atoms with E-state index in [0.29, 0.717) is 18.3 Å². The van der Waals surface area contributed by atoms with E-state index in [1.807, 2.05) is 28.2 Å². The van der Waals surface area contributed by atoms with Gasteiger partial charge in [0.2, 0.25) is 5.82 Å². The van der Waals surface area contributed by atoms with E-state index < -0.39 is 0 Å². The van der Waals surface area contributed by atoms with Crippen molar-refractivity contribution in [2.75, 3.05) is 0 Å². The Hall–Kier alpha value is -3.26. The van der Waals surface area contributed by atoms with Crippen molar-refractivity contribution in [3.05, 3.63) is 66.2 Å². The summed E-state index contributed by atoms with van der Waals surface area (Å²) in [7, 11) is 0. The Morgan fingerprint density at radius 1 is 1.10 bits per heavy atom. The number of hydrogen-bond acceptors (Lipinski definition) is 6. The topological polar surface area (TPSA) is 85.2 Å². The molecule has 0 saturated heterocycles. The Bertz CT molecular complexity index is 1120. The fraction of sp³-hybridized carbons (Fsp3) is 0.304. The Morgan fingerprint density at radius 2 is 1.87 bits per heavy atom. The molecule has 2 heterocycles. The van der Waals surface area contributed by atoms with E-state index in [1.165, 1.54) is 0 Å². The van der Waals surface area contributed by atoms with Gasteiger partial charge < -0.3 is 0 Å². The van der Waals surface area contributed by atoms with Crippen molar-refractivity contribution in [2.24, 2.45) is 5.92 Å². The van der Waals surface area contributed by atoms with Gasteiger partial charge in [0.25, 0.3) is 0 Å². The summed E-state index contributed by atoms with van der Waals surface area (Å²) in [6.45, 7) is 5.12. The molecule has 0 fully saturated rings. The quantitative estimate of drug-likeness (QED) is 0.387. The monoisotopic (exact) mass is 431 g/mol. The number of nitrogens with zero attached hydrogens (tertiary/aromatic N) is 6. The SMILES string of the molecule is CCC(C)C(CC=S)c1ncnn1Cc1ccc(-c2ccccc2-c2nn[nH]n2)cc1. The van der Waals surface area contributed by atoms with E-state index in [1.54, 1.807) is 6.33 Å². The Balaban J connectivity index is 1.58. The van der Waals surface area contributed by atoms with E-state index in [9.17, 15) is 0 Å². The number of aromatic nitrogens is 7. The molecule has 0 aliphatic carbocycles. The first-order chi connectivity index (χ1) is 15.2. The van der Waals surface area contributed by atoms with Gasteiger partial charge in [-0.25, -0.2) is 9.67 Å². The summed E-state index contributed by atoms with van der Waals surface area (Å²) in [5, 5.41) is 20.8. The van der Waals surface area contributed by atoms with E-state index in [4.69, 9.17) is 12.2 Å². The average Bonchev–Trinajstić information content (AvgIpc) is 3.50. The molecule has 2 aromatic heterocycles. The molecule has 0 amide bonds. The highest BCUT2D eigenvalue weighted by Gasteiger charge is 2.22. The molecule has 4 aromatic rings. The second kappa shape index (κ2) is 9.70. The van der Waals surface area contributed by atoms with Crippen molar-refractivity contribution in [3.63, 3.8) is 0 Å². The lowest BCUT2D eigenvalue weighted by Crippen LogP contribution is -2.17. The summed E-state index contributed by atoms with van der Waals surface area (Å²) in [6, 6.07) is 16.6. The van der Waals surface area contributed by atoms with E-state index >= 15 is 0 Å². The molecule has 0 aliphatic heterocycles. The second-order valence-corrected chi connectivity index (χ2v) is 7.98. The zero-order valence-corrected chi connectivity index (χ0v) is 18.5. The van der Waals surface area contributed by atoms with Gasteiger partial charge in [0, 0.05) is 11.5 Å². The molecule has 2 aromatic carbocycles. The molecule has 2 unspecified atom stereocenters. The third kappa shape index (κ3) is 4.59. The molecule has 0 aliphatic rings. The largest absolute Gasteiger partial charge is 0.245 e. The lowest BCUT2D eigenvalue weighted by Gasteiger charge is -2.21. The lowest BCUT2D eigenvalue weighted by molar-refractivity contribution is 0.420. The minimum Gasteiger partial charge on any atom is -0.245 e. The van der Waals surface area contributed by atoms with E-state index in [0.717, 1.165) is 40.9 Å². The molecule has 2 atom stereocenters. The minimum absolute atomic E-state index is 0.283. The zero-order valence-electron chi connectivity index (χ0n) is 17.6. The molecule has 0 spiro atoms. The average molecular weight is 432 g/mol. The van der Waals surface area contributed by atoms with Gasteiger partial charge in [0.15, 0.2) is 0 Å². The molecular formula is C23H25N7S. The van der Waals surface area contributed by atoms with Crippen LogP contribution in [-0.4, -0.2) is 40.8 Å². The summed E-state index contributed by atoms with van der Waals surface area (Å²) in [6.07, 6.45) is 3.55. The molecule has 4 rings (SSSR count). The van der Waals surface area contributed by atoms with Crippen LogP contribution in [0.25, 0.3) is 22.5 Å². The number of hydrogen-bond donors (Lipinski definition) is 1. The molecule has 8 heteroatoms. The maximum absolute atomic E-state index is 5.15. The number of aromatic amines is 1. The van der Waals surface area contributed by atoms with Crippen molar-refractivity contribution in [3.8, 4) is 22.5 Å². The minimum atomic E-state index is 0.283. The number of thiocarbonyl (C=S) groups is 1. The van der Waals surface area contributed by atoms with Gasteiger partial charge in [-0.15, -0.1) is 10.2 Å². The number of benzene rings is 2. The van der Waals surface area contributed by atoms with Crippen LogP contribution >= 0.6 is 12.2 Å². The van der Waals surface area contributed by atoms with Crippen LogP contribution in [0.2, 0.25) is 0 Å². The third-order valence-electron chi connectivity index (χ3n) is 5.77. The van der Waals surface area contributed by atoms with Crippen molar-refractivity contribution in [2.45, 2.75) is 39.2 Å². The molecule has 0 bridgehead atoms. The molecule has 158 valence electrons. The van der Waals surface area contributed by atoms with Gasteiger partial charge in [0.05, 0.1) is 6.54 Å². The summed E-state index contributed by atoms with van der Waals surface area (Å²) < 4.78 is 2.00. The Labute approximate surface area is 186 Å². The maximum Gasteiger partial charge on any atom is 0.205 e. The van der Waals surface area contributed by atoms with Crippen LogP contribution in [0.15, 0.2) is 54.9 Å². The van der Waals surface area contributed by atoms with Gasteiger partial charge in [-0.1, -0.05) is 81.0 Å². The first kappa shape index (κ1) is 21.0. The van der Waals surface area contributed by atoms with Gasteiger partial charge in [-0.05, 0) is 39.6 Å². The highest BCUT2D eigenvalue weighted by molar-refractivity contribution is 7.78. The highest BCUT2D eigenvalue weighted by Crippen LogP contribution is 2.31. The summed E-state index contributed by atoms with van der Waals surface area (Å²) in [4.78, 5) is 4.57. The van der Waals surface area contributed by atoms with Gasteiger partial charge in [-0.3, -0.25) is 0 Å². The highest BCUT2D eigenvalue weighted by atomic mass is 32.1. The molecule has 1 N–H and O–H groups in total. The van der Waals surface area contributed by atoms with E-state index in [-0.39, 0.29) is 5.92 Å². The number of H-pyrrole nitrogens is 1. The predicted octanol–water partition coefficient (Wildman–Crippen LogP) is 4.69. The van der Waals surface area contributed by atoms with Gasteiger partial charge >= 0.3 is 0 Å². The maximum atomic E-state index is 5.15. The zero-order chi connectivity index (χ0) is 21.6. The first-order valence-corrected chi connectivity index (χ1v) is 10.9. The van der Waals surface area contributed by atoms with E-state index in [2.05, 4.69) is 74.9 Å². The van der Waals surface area contributed by atoms with Crippen molar-refractivity contribution >= 4 is 17.6 Å². The molecule has 31 heavy (non-hydrogen) atoms. The number of tetrazole rings is 1. The summed E-state index contributed by atoms with van der Waals surface area (Å²) >= 11 is 5.15. The van der Waals surface area contributed by atoms with Crippen LogP contribution in [0.5, 0.6) is 0 Å². The van der Waals surface area contributed by atoms with Crippen molar-refractivity contribution < 1.29 is 0 Å². The van der Waals surface area contributed by atoms with Crippen LogP contribution in [0, 0.1) is 5.92 Å². The fourth-order valence-corrected chi connectivity index (χ4v) is 4.04. The smallest absolute Gasteiger partial charge is 0.205 e. The Kier molecular flexibility index (Phi) is 6.57. The summed E-state index contributed by atoms with van der Waals surface area (Å²) in [5.41, 5.74) is 4.27. The normalized spacial score (nSPS) is 13.1. The fourth-order valence-electron chi connectivity index (χ4n) is 3.83. The van der Waals surface area contributed by atoms with Crippen molar-refractivity contribution in [1.82, 2.24) is 35.4 Å². The number of rotatable bonds is 9. The predicted molar refractivity (Wildman–Crippen MR) is 125 cm³/mol. The third-order valence-corrected chi connectivity index (χ3v) is 5.96. The lowest BCUT2D eigenvalue weighted by atomic mass is 9.89. The molecule has 0 radical (unpaired) electrons. The standard InChI is InChI=1S/C23H25N7S/c1-3-16(2)19(12-13-31)23-24-15-25-30(23)14-17-8-10-18(11-9-17)20-6-4-5-7-21(20)22-26-28-29-27-22/h4-11,13,15-16,19H,3,12,14H2,1-2H3,(H,26,27,28,29). The van der Waals surface area contributed by atoms with Crippen molar-refractivity contribution in [1.29, 1.82) is 0 Å². The molecule has 7 nitrogen and oxygen atoms in total. The van der Waals surface area contributed by atoms with Gasteiger partial charge in [0.1, 0.15) is 12.2 Å². The van der Waals surface area contributed by atoms with Crippen LogP contribution in [0.4, 0.5) is 0 Å². The van der Waals surface area contributed by atoms with Crippen LogP contribution in [0.1, 0.15) is 44.0 Å². The summed E-state index contributed by atoms with van der Waals surface area (Å²) in [5.74, 6) is 2.36. The second-order valence-electron chi connectivity index (χ2n) is 7.65. The van der Waals surface area contributed by atoms with Crippen LogP contribution in [-0.2, 0) is 6.54 Å². The molecule has 0 saturated carbocycles.